The highest BCUT2D eigenvalue weighted by atomic mass is 16.7. The summed E-state index contributed by atoms with van der Waals surface area (Å²) < 4.78 is 0. The molecule has 0 radical (unpaired) electrons. The molecule has 0 saturated heterocycles. The fourth-order valence-corrected chi connectivity index (χ4v) is 3.46. The number of rotatable bonds is 2. The van der Waals surface area contributed by atoms with Gasteiger partial charge in [-0.3, -0.25) is 0 Å². The fourth-order valence-electron chi connectivity index (χ4n) is 3.46. The molecule has 2 aliphatic heterocycles. The van der Waals surface area contributed by atoms with Gasteiger partial charge in [0, 0.05) is 12.1 Å². The Labute approximate surface area is 131 Å². The Morgan fingerprint density at radius 3 is 2.73 bits per heavy atom. The number of para-hydroxylation sites is 1. The van der Waals surface area contributed by atoms with Gasteiger partial charge in [0.15, 0.2) is 0 Å². The Bertz CT molecular complexity index is 735. The van der Waals surface area contributed by atoms with Crippen molar-refractivity contribution in [2.24, 2.45) is 5.16 Å². The Morgan fingerprint density at radius 1 is 1.18 bits per heavy atom. The second-order valence-corrected chi connectivity index (χ2v) is 6.36. The lowest BCUT2D eigenvalue weighted by atomic mass is 9.77. The molecule has 1 N–H and O–H groups in total. The van der Waals surface area contributed by atoms with E-state index in [-0.39, 0.29) is 11.6 Å². The predicted molar refractivity (Wildman–Crippen MR) is 89.3 cm³/mol. The average Bonchev–Trinajstić information content (AvgIpc) is 2.87. The maximum atomic E-state index is 5.79. The minimum absolute atomic E-state index is 0.0723. The van der Waals surface area contributed by atoms with Crippen molar-refractivity contribution in [2.45, 2.75) is 38.3 Å². The topological polar surface area (TPSA) is 33.6 Å². The number of aryl methyl sites for hydroxylation is 1. The smallest absolute Gasteiger partial charge is 0.207 e. The van der Waals surface area contributed by atoms with Crippen molar-refractivity contribution in [3.63, 3.8) is 0 Å². The third-order valence-electron chi connectivity index (χ3n) is 4.91. The first-order chi connectivity index (χ1) is 10.7. The van der Waals surface area contributed by atoms with Crippen molar-refractivity contribution in [3.8, 4) is 0 Å². The zero-order chi connectivity index (χ0) is 15.2. The van der Waals surface area contributed by atoms with E-state index >= 15 is 0 Å². The number of nitrogens with one attached hydrogen (secondary N) is 1. The molecule has 0 aliphatic carbocycles. The normalized spacial score (nSPS) is 25.5. The van der Waals surface area contributed by atoms with Crippen LogP contribution in [-0.2, 0) is 16.7 Å². The standard InChI is InChI=1S/C19H20N2O/c1-3-13-8-10-14(11-9-13)17-12-19(2)15-6-4-5-7-16(15)20-18(19)22-21-17/h4-11,18,20H,3,12H2,1-2H3. The molecule has 112 valence electrons. The summed E-state index contributed by atoms with van der Waals surface area (Å²) in [7, 11) is 0. The molecule has 0 fully saturated rings. The van der Waals surface area contributed by atoms with E-state index in [0.29, 0.717) is 0 Å². The van der Waals surface area contributed by atoms with E-state index in [1.165, 1.54) is 11.1 Å². The first kappa shape index (κ1) is 13.4. The van der Waals surface area contributed by atoms with Gasteiger partial charge in [0.05, 0.1) is 11.1 Å². The van der Waals surface area contributed by atoms with Crippen LogP contribution in [0.15, 0.2) is 53.7 Å². The summed E-state index contributed by atoms with van der Waals surface area (Å²) in [4.78, 5) is 5.79. The molecule has 2 atom stereocenters. The molecule has 2 heterocycles. The van der Waals surface area contributed by atoms with E-state index in [1.54, 1.807) is 0 Å². The molecular formula is C19H20N2O. The van der Waals surface area contributed by atoms with Crippen molar-refractivity contribution >= 4 is 11.4 Å². The van der Waals surface area contributed by atoms with Crippen LogP contribution < -0.4 is 5.32 Å². The summed E-state index contributed by atoms with van der Waals surface area (Å²) in [5, 5.41) is 7.82. The molecule has 0 aromatic heterocycles. The summed E-state index contributed by atoms with van der Waals surface area (Å²) in [6, 6.07) is 17.1. The van der Waals surface area contributed by atoms with Crippen LogP contribution in [0.4, 0.5) is 5.69 Å². The molecule has 2 aliphatic rings. The number of oxime groups is 1. The van der Waals surface area contributed by atoms with Crippen molar-refractivity contribution in [1.29, 1.82) is 0 Å². The molecule has 3 nitrogen and oxygen atoms in total. The average molecular weight is 292 g/mol. The molecule has 0 spiro atoms. The van der Waals surface area contributed by atoms with Crippen molar-refractivity contribution in [1.82, 2.24) is 0 Å². The Hall–Kier alpha value is -2.29. The fraction of sp³-hybridized carbons (Fsp3) is 0.316. The maximum Gasteiger partial charge on any atom is 0.207 e. The van der Waals surface area contributed by atoms with E-state index < -0.39 is 0 Å². The first-order valence-corrected chi connectivity index (χ1v) is 7.89. The maximum absolute atomic E-state index is 5.79. The van der Waals surface area contributed by atoms with Crippen molar-refractivity contribution in [3.05, 3.63) is 65.2 Å². The zero-order valence-corrected chi connectivity index (χ0v) is 13.0. The van der Waals surface area contributed by atoms with Gasteiger partial charge < -0.3 is 10.2 Å². The highest BCUT2D eigenvalue weighted by molar-refractivity contribution is 6.01. The highest BCUT2D eigenvalue weighted by Crippen LogP contribution is 2.46. The molecule has 4 rings (SSSR count). The van der Waals surface area contributed by atoms with E-state index in [9.17, 15) is 0 Å². The zero-order valence-electron chi connectivity index (χ0n) is 13.0. The van der Waals surface area contributed by atoms with Crippen molar-refractivity contribution < 1.29 is 4.84 Å². The van der Waals surface area contributed by atoms with Gasteiger partial charge in [0.25, 0.3) is 0 Å². The summed E-state index contributed by atoms with van der Waals surface area (Å²) in [5.41, 5.74) is 5.93. The third-order valence-corrected chi connectivity index (χ3v) is 4.91. The SMILES string of the molecule is CCc1ccc(C2=NOC3Nc4ccccc4C3(C)C2)cc1. The van der Waals surface area contributed by atoms with E-state index in [0.717, 1.165) is 29.8 Å². The van der Waals surface area contributed by atoms with Crippen LogP contribution in [0.25, 0.3) is 0 Å². The Kier molecular flexibility index (Phi) is 2.96. The summed E-state index contributed by atoms with van der Waals surface area (Å²) in [6.45, 7) is 4.43. The molecule has 0 bridgehead atoms. The molecule has 3 heteroatoms. The van der Waals surface area contributed by atoms with Gasteiger partial charge in [-0.1, -0.05) is 54.5 Å². The molecule has 2 aromatic carbocycles. The van der Waals surface area contributed by atoms with Crippen LogP contribution in [0.2, 0.25) is 0 Å². The van der Waals surface area contributed by atoms with E-state index in [1.807, 2.05) is 0 Å². The number of benzene rings is 2. The van der Waals surface area contributed by atoms with Crippen LogP contribution in [0.5, 0.6) is 0 Å². The van der Waals surface area contributed by atoms with Gasteiger partial charge in [-0.25, -0.2) is 0 Å². The number of hydrogen-bond donors (Lipinski definition) is 1. The van der Waals surface area contributed by atoms with Gasteiger partial charge in [0.2, 0.25) is 6.23 Å². The lowest BCUT2D eigenvalue weighted by Gasteiger charge is -2.34. The van der Waals surface area contributed by atoms with Crippen LogP contribution in [0, 0.1) is 0 Å². The lowest BCUT2D eigenvalue weighted by Crippen LogP contribution is -2.42. The minimum Gasteiger partial charge on any atom is -0.370 e. The van der Waals surface area contributed by atoms with E-state index in [4.69, 9.17) is 4.84 Å². The largest absolute Gasteiger partial charge is 0.370 e. The number of hydrogen-bond acceptors (Lipinski definition) is 3. The molecule has 2 unspecified atom stereocenters. The van der Waals surface area contributed by atoms with Gasteiger partial charge >= 0.3 is 0 Å². The van der Waals surface area contributed by atoms with Crippen molar-refractivity contribution in [2.75, 3.05) is 5.32 Å². The second-order valence-electron chi connectivity index (χ2n) is 6.36. The number of anilines is 1. The molecule has 22 heavy (non-hydrogen) atoms. The molecule has 0 amide bonds. The molecule has 0 saturated carbocycles. The second kappa shape index (κ2) is 4.87. The predicted octanol–water partition coefficient (Wildman–Crippen LogP) is 4.08. The summed E-state index contributed by atoms with van der Waals surface area (Å²) >= 11 is 0. The quantitative estimate of drug-likeness (QED) is 0.904. The highest BCUT2D eigenvalue weighted by Gasteiger charge is 2.48. The summed E-state index contributed by atoms with van der Waals surface area (Å²) in [6.07, 6.45) is 1.86. The molecule has 2 aromatic rings. The van der Waals surface area contributed by atoms with Gasteiger partial charge in [-0.2, -0.15) is 0 Å². The van der Waals surface area contributed by atoms with E-state index in [2.05, 4.69) is 72.9 Å². The number of nitrogens with zero attached hydrogens (tertiary/aromatic N) is 1. The number of fused-ring (bicyclic) bond motifs is 3. The Morgan fingerprint density at radius 2 is 1.95 bits per heavy atom. The van der Waals surface area contributed by atoms with Crippen LogP contribution >= 0.6 is 0 Å². The monoisotopic (exact) mass is 292 g/mol. The van der Waals surface area contributed by atoms with Crippen LogP contribution in [-0.4, -0.2) is 11.9 Å². The molecular weight excluding hydrogens is 272 g/mol. The van der Waals surface area contributed by atoms with Gasteiger partial charge in [-0.05, 0) is 36.1 Å². The summed E-state index contributed by atoms with van der Waals surface area (Å²) in [5.74, 6) is 0. The van der Waals surface area contributed by atoms with Gasteiger partial charge in [0.1, 0.15) is 0 Å². The Balaban J connectivity index is 1.68. The van der Waals surface area contributed by atoms with Crippen LogP contribution in [0.1, 0.15) is 37.0 Å². The lowest BCUT2D eigenvalue weighted by molar-refractivity contribution is 0.0203. The van der Waals surface area contributed by atoms with Crippen LogP contribution in [0.3, 0.4) is 0 Å². The van der Waals surface area contributed by atoms with Gasteiger partial charge in [-0.15, -0.1) is 0 Å². The first-order valence-electron chi connectivity index (χ1n) is 7.89. The third kappa shape index (κ3) is 1.92. The minimum atomic E-state index is -0.0800.